The predicted molar refractivity (Wildman–Crippen MR) is 73.7 cm³/mol. The van der Waals surface area contributed by atoms with E-state index in [1.807, 2.05) is 24.3 Å². The van der Waals surface area contributed by atoms with Crippen molar-refractivity contribution in [1.29, 1.82) is 0 Å². The molecule has 0 aromatic heterocycles. The topological polar surface area (TPSA) is 21.3 Å². The van der Waals surface area contributed by atoms with Crippen LogP contribution in [0.15, 0.2) is 42.5 Å². The molecular weight excluding hydrogens is 246 g/mol. The van der Waals surface area contributed by atoms with Crippen LogP contribution < -0.4 is 5.32 Å². The second-order valence-electron chi connectivity index (χ2n) is 4.42. The van der Waals surface area contributed by atoms with E-state index in [1.54, 1.807) is 0 Å². The summed E-state index contributed by atoms with van der Waals surface area (Å²) >= 11 is 6.12. The zero-order valence-corrected chi connectivity index (χ0v) is 10.7. The molecule has 92 valence electrons. The first-order valence-corrected chi connectivity index (χ1v) is 6.37. The lowest BCUT2D eigenvalue weighted by Crippen LogP contribution is -2.00. The van der Waals surface area contributed by atoms with Crippen LogP contribution in [0, 0.1) is 0 Å². The van der Waals surface area contributed by atoms with Gasteiger partial charge in [-0.3, -0.25) is 0 Å². The van der Waals surface area contributed by atoms with Crippen molar-refractivity contribution < 1.29 is 4.74 Å². The minimum atomic E-state index is 0.719. The molecule has 0 fully saturated rings. The summed E-state index contributed by atoms with van der Waals surface area (Å²) in [6.45, 7) is 2.19. The average molecular weight is 260 g/mol. The van der Waals surface area contributed by atoms with E-state index in [4.69, 9.17) is 16.3 Å². The van der Waals surface area contributed by atoms with Crippen molar-refractivity contribution in [2.24, 2.45) is 0 Å². The number of anilines is 1. The molecule has 0 aliphatic carbocycles. The van der Waals surface area contributed by atoms with Gasteiger partial charge in [-0.15, -0.1) is 0 Å². The molecule has 0 bridgehead atoms. The van der Waals surface area contributed by atoms with Crippen molar-refractivity contribution in [2.75, 3.05) is 5.32 Å². The summed E-state index contributed by atoms with van der Waals surface area (Å²) in [6, 6.07) is 14.2. The van der Waals surface area contributed by atoms with Crippen LogP contribution in [0.1, 0.15) is 16.7 Å². The zero-order chi connectivity index (χ0) is 12.4. The van der Waals surface area contributed by atoms with Gasteiger partial charge >= 0.3 is 0 Å². The Labute approximate surface area is 112 Å². The Morgan fingerprint density at radius 3 is 2.78 bits per heavy atom. The molecule has 0 saturated carbocycles. The summed E-state index contributed by atoms with van der Waals surface area (Å²) in [6.07, 6.45) is 0. The largest absolute Gasteiger partial charge is 0.381 e. The minimum Gasteiger partial charge on any atom is -0.381 e. The summed E-state index contributed by atoms with van der Waals surface area (Å²) in [5, 5.41) is 4.19. The molecule has 3 rings (SSSR count). The Morgan fingerprint density at radius 2 is 1.89 bits per heavy atom. The third-order valence-corrected chi connectivity index (χ3v) is 3.53. The molecule has 0 radical (unpaired) electrons. The molecule has 0 saturated heterocycles. The van der Waals surface area contributed by atoms with E-state index in [2.05, 4.69) is 23.5 Å². The molecule has 1 aliphatic heterocycles. The van der Waals surface area contributed by atoms with E-state index in [0.29, 0.717) is 0 Å². The third-order valence-electron chi connectivity index (χ3n) is 3.16. The smallest absolute Gasteiger partial charge is 0.0725 e. The van der Waals surface area contributed by atoms with Gasteiger partial charge in [-0.25, -0.2) is 0 Å². The number of ether oxygens (including phenoxy) is 1. The number of fused-ring (bicyclic) bond motifs is 1. The third kappa shape index (κ3) is 2.35. The van der Waals surface area contributed by atoms with Crippen molar-refractivity contribution in [3.05, 3.63) is 64.2 Å². The SMILES string of the molecule is Clc1ccccc1CNc1ccc2c(c1)COC2. The fourth-order valence-corrected chi connectivity index (χ4v) is 2.32. The van der Waals surface area contributed by atoms with Crippen molar-refractivity contribution in [2.45, 2.75) is 19.8 Å². The minimum absolute atomic E-state index is 0.719. The highest BCUT2D eigenvalue weighted by atomic mass is 35.5. The normalized spacial score (nSPS) is 13.4. The van der Waals surface area contributed by atoms with Crippen molar-refractivity contribution in [3.8, 4) is 0 Å². The molecule has 2 aromatic carbocycles. The van der Waals surface area contributed by atoms with Gasteiger partial charge in [-0.05, 0) is 34.9 Å². The highest BCUT2D eigenvalue weighted by Crippen LogP contribution is 2.24. The molecule has 2 aromatic rings. The standard InChI is InChI=1S/C15H14ClNO/c16-15-4-2-1-3-11(15)8-17-14-6-5-12-9-18-10-13(12)7-14/h1-7,17H,8-10H2. The molecule has 2 nitrogen and oxygen atoms in total. The highest BCUT2D eigenvalue weighted by Gasteiger charge is 2.11. The molecule has 0 spiro atoms. The van der Waals surface area contributed by atoms with Gasteiger partial charge < -0.3 is 10.1 Å². The van der Waals surface area contributed by atoms with Gasteiger partial charge in [-0.1, -0.05) is 35.9 Å². The van der Waals surface area contributed by atoms with Crippen LogP contribution in [0.4, 0.5) is 5.69 Å². The molecule has 18 heavy (non-hydrogen) atoms. The van der Waals surface area contributed by atoms with Gasteiger partial charge in [0.15, 0.2) is 0 Å². The predicted octanol–water partition coefficient (Wildman–Crippen LogP) is 3.98. The lowest BCUT2D eigenvalue weighted by molar-refractivity contribution is 0.134. The van der Waals surface area contributed by atoms with Gasteiger partial charge in [-0.2, -0.15) is 0 Å². The maximum Gasteiger partial charge on any atom is 0.0725 e. The number of nitrogens with one attached hydrogen (secondary N) is 1. The fraction of sp³-hybridized carbons (Fsp3) is 0.200. The van der Waals surface area contributed by atoms with Crippen molar-refractivity contribution in [1.82, 2.24) is 0 Å². The number of rotatable bonds is 3. The molecule has 1 N–H and O–H groups in total. The second kappa shape index (κ2) is 5.01. The summed E-state index contributed by atoms with van der Waals surface area (Å²) in [7, 11) is 0. The average Bonchev–Trinajstić information content (AvgIpc) is 2.85. The summed E-state index contributed by atoms with van der Waals surface area (Å²) in [5.41, 5.74) is 4.78. The quantitative estimate of drug-likeness (QED) is 0.900. The van der Waals surface area contributed by atoms with Gasteiger partial charge in [0, 0.05) is 17.3 Å². The Balaban J connectivity index is 1.72. The van der Waals surface area contributed by atoms with Crippen LogP contribution in [0.5, 0.6) is 0 Å². The van der Waals surface area contributed by atoms with Gasteiger partial charge in [0.2, 0.25) is 0 Å². The van der Waals surface area contributed by atoms with Crippen molar-refractivity contribution in [3.63, 3.8) is 0 Å². The lowest BCUT2D eigenvalue weighted by atomic mass is 10.1. The van der Waals surface area contributed by atoms with Gasteiger partial charge in [0.05, 0.1) is 13.2 Å². The van der Waals surface area contributed by atoms with Crippen LogP contribution in [-0.4, -0.2) is 0 Å². The first-order valence-electron chi connectivity index (χ1n) is 6.00. The highest BCUT2D eigenvalue weighted by molar-refractivity contribution is 6.31. The van der Waals surface area contributed by atoms with Crippen LogP contribution in [0.2, 0.25) is 5.02 Å². The Bertz CT molecular complexity index is 568. The Kier molecular flexibility index (Phi) is 3.22. The fourth-order valence-electron chi connectivity index (χ4n) is 2.12. The monoisotopic (exact) mass is 259 g/mol. The maximum absolute atomic E-state index is 6.12. The molecule has 1 aliphatic rings. The Hall–Kier alpha value is -1.51. The van der Waals surface area contributed by atoms with Crippen LogP contribution >= 0.6 is 11.6 Å². The van der Waals surface area contributed by atoms with E-state index in [1.165, 1.54) is 11.1 Å². The van der Waals surface area contributed by atoms with E-state index < -0.39 is 0 Å². The summed E-state index contributed by atoms with van der Waals surface area (Å²) in [5.74, 6) is 0. The molecule has 1 heterocycles. The first-order chi connectivity index (χ1) is 8.83. The van der Waals surface area contributed by atoms with E-state index in [-0.39, 0.29) is 0 Å². The Morgan fingerprint density at radius 1 is 1.06 bits per heavy atom. The second-order valence-corrected chi connectivity index (χ2v) is 4.83. The van der Waals surface area contributed by atoms with Crippen molar-refractivity contribution >= 4 is 17.3 Å². The summed E-state index contributed by atoms with van der Waals surface area (Å²) in [4.78, 5) is 0. The number of hydrogen-bond donors (Lipinski definition) is 1. The first kappa shape index (κ1) is 11.6. The molecule has 0 atom stereocenters. The lowest BCUT2D eigenvalue weighted by Gasteiger charge is -2.09. The number of halogens is 1. The zero-order valence-electron chi connectivity index (χ0n) is 9.95. The van der Waals surface area contributed by atoms with Gasteiger partial charge in [0.25, 0.3) is 0 Å². The number of benzene rings is 2. The van der Waals surface area contributed by atoms with Crippen LogP contribution in [0.3, 0.4) is 0 Å². The summed E-state index contributed by atoms with van der Waals surface area (Å²) < 4.78 is 5.40. The van der Waals surface area contributed by atoms with E-state index >= 15 is 0 Å². The molecular formula is C15H14ClNO. The molecule has 0 unspecified atom stereocenters. The number of hydrogen-bond acceptors (Lipinski definition) is 2. The molecule has 0 amide bonds. The van der Waals surface area contributed by atoms with Crippen LogP contribution in [-0.2, 0) is 24.5 Å². The molecule has 3 heteroatoms. The van der Waals surface area contributed by atoms with Crippen LogP contribution in [0.25, 0.3) is 0 Å². The van der Waals surface area contributed by atoms with Gasteiger partial charge in [0.1, 0.15) is 0 Å². The van der Waals surface area contributed by atoms with E-state index in [0.717, 1.165) is 36.0 Å². The van der Waals surface area contributed by atoms with E-state index in [9.17, 15) is 0 Å². The maximum atomic E-state index is 6.12.